The fourth-order valence-corrected chi connectivity index (χ4v) is 3.68. The number of hydrogen-bond acceptors (Lipinski definition) is 6. The van der Waals surface area contributed by atoms with E-state index in [1.807, 2.05) is 17.0 Å². The zero-order valence-electron chi connectivity index (χ0n) is 15.1. The van der Waals surface area contributed by atoms with Crippen LogP contribution in [0.4, 0.5) is 0 Å². The highest BCUT2D eigenvalue weighted by Crippen LogP contribution is 2.20. The Bertz CT molecular complexity index is 774. The summed E-state index contributed by atoms with van der Waals surface area (Å²) in [4.78, 5) is 21.2. The molecular weight excluding hydrogens is 368 g/mol. The van der Waals surface area contributed by atoms with Crippen molar-refractivity contribution in [1.29, 1.82) is 0 Å². The SMILES string of the molecule is O=C([C@@H]1CCCO1)N1CCCN(Cc2nc(-c3ccc(Cl)cc3)no2)CC1. The van der Waals surface area contributed by atoms with Gasteiger partial charge in [-0.15, -0.1) is 0 Å². The third kappa shape index (κ3) is 4.48. The molecule has 2 saturated heterocycles. The predicted molar refractivity (Wildman–Crippen MR) is 100 cm³/mol. The summed E-state index contributed by atoms with van der Waals surface area (Å²) in [5.74, 6) is 1.28. The lowest BCUT2D eigenvalue weighted by atomic mass is 10.2. The van der Waals surface area contributed by atoms with Crippen molar-refractivity contribution in [1.82, 2.24) is 19.9 Å². The third-order valence-corrected chi connectivity index (χ3v) is 5.29. The van der Waals surface area contributed by atoms with E-state index in [0.717, 1.165) is 44.5 Å². The molecule has 1 aromatic heterocycles. The van der Waals surface area contributed by atoms with E-state index in [-0.39, 0.29) is 12.0 Å². The molecule has 0 bridgehead atoms. The van der Waals surface area contributed by atoms with Gasteiger partial charge in [0.25, 0.3) is 5.91 Å². The Hall–Kier alpha value is -1.96. The molecule has 1 amide bonds. The number of ether oxygens (including phenoxy) is 1. The molecule has 0 aliphatic carbocycles. The van der Waals surface area contributed by atoms with Crippen molar-refractivity contribution in [2.75, 3.05) is 32.8 Å². The zero-order valence-corrected chi connectivity index (χ0v) is 15.9. The second kappa shape index (κ2) is 8.37. The first-order valence-corrected chi connectivity index (χ1v) is 9.78. The molecule has 0 N–H and O–H groups in total. The topological polar surface area (TPSA) is 71.7 Å². The number of rotatable bonds is 4. The molecule has 2 aromatic rings. The molecular formula is C19H23ClN4O3. The minimum Gasteiger partial charge on any atom is -0.368 e. The van der Waals surface area contributed by atoms with Crippen LogP contribution in [0.25, 0.3) is 11.4 Å². The van der Waals surface area contributed by atoms with Gasteiger partial charge in [-0.25, -0.2) is 0 Å². The van der Waals surface area contributed by atoms with Gasteiger partial charge in [0.15, 0.2) is 0 Å². The second-order valence-electron chi connectivity index (χ2n) is 6.98. The largest absolute Gasteiger partial charge is 0.368 e. The standard InChI is InChI=1S/C19H23ClN4O3/c20-15-6-4-14(5-7-15)18-21-17(27-22-18)13-23-8-2-9-24(11-10-23)19(25)16-3-1-12-26-16/h4-7,16H,1-3,8-13H2/t16-/m0/s1. The van der Waals surface area contributed by atoms with Crippen LogP contribution in [0.1, 0.15) is 25.2 Å². The van der Waals surface area contributed by atoms with Crippen LogP contribution in [0, 0.1) is 0 Å². The fourth-order valence-electron chi connectivity index (χ4n) is 3.55. The van der Waals surface area contributed by atoms with E-state index in [1.54, 1.807) is 12.1 Å². The normalized spacial score (nSPS) is 21.4. The average Bonchev–Trinajstić information content (AvgIpc) is 3.31. The maximum atomic E-state index is 12.5. The van der Waals surface area contributed by atoms with E-state index in [1.165, 1.54) is 0 Å². The summed E-state index contributed by atoms with van der Waals surface area (Å²) in [6.45, 7) is 4.45. The van der Waals surface area contributed by atoms with Crippen LogP contribution in [0.2, 0.25) is 5.02 Å². The molecule has 3 heterocycles. The van der Waals surface area contributed by atoms with Crippen molar-refractivity contribution in [2.45, 2.75) is 31.9 Å². The first kappa shape index (κ1) is 18.4. The fraction of sp³-hybridized carbons (Fsp3) is 0.526. The Morgan fingerprint density at radius 2 is 2.00 bits per heavy atom. The minimum absolute atomic E-state index is 0.136. The highest BCUT2D eigenvalue weighted by atomic mass is 35.5. The van der Waals surface area contributed by atoms with Gasteiger partial charge in [-0.3, -0.25) is 9.69 Å². The van der Waals surface area contributed by atoms with Crippen molar-refractivity contribution in [3.8, 4) is 11.4 Å². The van der Waals surface area contributed by atoms with Crippen LogP contribution >= 0.6 is 11.6 Å². The van der Waals surface area contributed by atoms with Gasteiger partial charge in [-0.05, 0) is 43.5 Å². The molecule has 144 valence electrons. The van der Waals surface area contributed by atoms with E-state index in [0.29, 0.717) is 36.4 Å². The smallest absolute Gasteiger partial charge is 0.251 e. The molecule has 0 saturated carbocycles. The maximum absolute atomic E-state index is 12.5. The van der Waals surface area contributed by atoms with Crippen molar-refractivity contribution in [2.24, 2.45) is 0 Å². The number of aromatic nitrogens is 2. The molecule has 4 rings (SSSR count). The van der Waals surface area contributed by atoms with E-state index in [2.05, 4.69) is 15.0 Å². The Kier molecular flexibility index (Phi) is 5.71. The number of amides is 1. The van der Waals surface area contributed by atoms with E-state index in [9.17, 15) is 4.79 Å². The molecule has 1 atom stereocenters. The van der Waals surface area contributed by atoms with Gasteiger partial charge < -0.3 is 14.2 Å². The third-order valence-electron chi connectivity index (χ3n) is 5.03. The Balaban J connectivity index is 1.33. The number of benzene rings is 1. The van der Waals surface area contributed by atoms with E-state index in [4.69, 9.17) is 20.9 Å². The molecule has 1 aromatic carbocycles. The number of halogens is 1. The summed E-state index contributed by atoms with van der Waals surface area (Å²) < 4.78 is 10.9. The Morgan fingerprint density at radius 3 is 2.78 bits per heavy atom. The van der Waals surface area contributed by atoms with Crippen molar-refractivity contribution in [3.05, 3.63) is 35.2 Å². The number of nitrogens with zero attached hydrogens (tertiary/aromatic N) is 4. The van der Waals surface area contributed by atoms with Crippen LogP contribution in [-0.4, -0.2) is 64.7 Å². The van der Waals surface area contributed by atoms with Gasteiger partial charge in [0, 0.05) is 43.4 Å². The van der Waals surface area contributed by atoms with Crippen molar-refractivity contribution < 1.29 is 14.1 Å². The van der Waals surface area contributed by atoms with Gasteiger partial charge in [-0.2, -0.15) is 4.98 Å². The molecule has 0 radical (unpaired) electrons. The number of hydrogen-bond donors (Lipinski definition) is 0. The number of carbonyl (C=O) groups is 1. The second-order valence-corrected chi connectivity index (χ2v) is 7.41. The average molecular weight is 391 g/mol. The lowest BCUT2D eigenvalue weighted by Crippen LogP contribution is -2.41. The Labute approximate surface area is 163 Å². The van der Waals surface area contributed by atoms with Crippen molar-refractivity contribution >= 4 is 17.5 Å². The van der Waals surface area contributed by atoms with Gasteiger partial charge in [0.2, 0.25) is 11.7 Å². The molecule has 2 aliphatic rings. The quantitative estimate of drug-likeness (QED) is 0.799. The van der Waals surface area contributed by atoms with Crippen LogP contribution < -0.4 is 0 Å². The number of carbonyl (C=O) groups excluding carboxylic acids is 1. The van der Waals surface area contributed by atoms with Gasteiger partial charge >= 0.3 is 0 Å². The maximum Gasteiger partial charge on any atom is 0.251 e. The highest BCUT2D eigenvalue weighted by molar-refractivity contribution is 6.30. The lowest BCUT2D eigenvalue weighted by Gasteiger charge is -2.23. The van der Waals surface area contributed by atoms with Crippen LogP contribution in [0.3, 0.4) is 0 Å². The molecule has 7 nitrogen and oxygen atoms in total. The highest BCUT2D eigenvalue weighted by Gasteiger charge is 2.29. The van der Waals surface area contributed by atoms with Crippen molar-refractivity contribution in [3.63, 3.8) is 0 Å². The predicted octanol–water partition coefficient (Wildman–Crippen LogP) is 2.60. The zero-order chi connectivity index (χ0) is 18.6. The van der Waals surface area contributed by atoms with Crippen LogP contribution in [-0.2, 0) is 16.1 Å². The molecule has 0 spiro atoms. The first-order valence-electron chi connectivity index (χ1n) is 9.40. The summed E-state index contributed by atoms with van der Waals surface area (Å²) in [6, 6.07) is 7.36. The van der Waals surface area contributed by atoms with Gasteiger partial charge in [0.05, 0.1) is 6.54 Å². The molecule has 2 fully saturated rings. The minimum atomic E-state index is -0.241. The van der Waals surface area contributed by atoms with Crippen LogP contribution in [0.5, 0.6) is 0 Å². The van der Waals surface area contributed by atoms with Gasteiger partial charge in [-0.1, -0.05) is 16.8 Å². The summed E-state index contributed by atoms with van der Waals surface area (Å²) in [6.07, 6.45) is 2.50. The molecule has 0 unspecified atom stereocenters. The monoisotopic (exact) mass is 390 g/mol. The molecule has 8 heteroatoms. The lowest BCUT2D eigenvalue weighted by molar-refractivity contribution is -0.140. The molecule has 27 heavy (non-hydrogen) atoms. The first-order chi connectivity index (χ1) is 13.2. The van der Waals surface area contributed by atoms with E-state index >= 15 is 0 Å². The summed E-state index contributed by atoms with van der Waals surface area (Å²) in [5.41, 5.74) is 0.874. The summed E-state index contributed by atoms with van der Waals surface area (Å²) >= 11 is 5.92. The molecule has 2 aliphatic heterocycles. The van der Waals surface area contributed by atoms with E-state index < -0.39 is 0 Å². The summed E-state index contributed by atoms with van der Waals surface area (Å²) in [7, 11) is 0. The van der Waals surface area contributed by atoms with Crippen LogP contribution in [0.15, 0.2) is 28.8 Å². The summed E-state index contributed by atoms with van der Waals surface area (Å²) in [5, 5.41) is 4.74. The van der Waals surface area contributed by atoms with Gasteiger partial charge in [0.1, 0.15) is 6.10 Å². The Morgan fingerprint density at radius 1 is 1.15 bits per heavy atom.